The van der Waals surface area contributed by atoms with Crippen LogP contribution in [0.4, 0.5) is 0 Å². The Labute approximate surface area is 83.9 Å². The van der Waals surface area contributed by atoms with Gasteiger partial charge in [-0.25, -0.2) is 0 Å². The van der Waals surface area contributed by atoms with Crippen molar-refractivity contribution in [1.82, 2.24) is 10.2 Å². The van der Waals surface area contributed by atoms with Crippen LogP contribution in [0.15, 0.2) is 12.1 Å². The van der Waals surface area contributed by atoms with Crippen LogP contribution in [-0.4, -0.2) is 22.4 Å². The molecule has 1 rings (SSSR count). The zero-order chi connectivity index (χ0) is 10.6. The normalized spacial score (nSPS) is 14.9. The second-order valence-corrected chi connectivity index (χ2v) is 3.33. The molecule has 0 radical (unpaired) electrons. The lowest BCUT2D eigenvalue weighted by molar-refractivity contribution is 0.110. The molecule has 0 saturated heterocycles. The molecule has 0 aromatic carbocycles. The number of hydrogen-bond donors (Lipinski definition) is 1. The van der Waals surface area contributed by atoms with Crippen LogP contribution in [-0.2, 0) is 0 Å². The summed E-state index contributed by atoms with van der Waals surface area (Å²) < 4.78 is 4.88. The third-order valence-corrected chi connectivity index (χ3v) is 2.36. The predicted molar refractivity (Wildman–Crippen MR) is 53.0 cm³/mol. The van der Waals surface area contributed by atoms with Gasteiger partial charge in [0, 0.05) is 6.07 Å². The number of methoxy groups -OCH3 is 1. The fourth-order valence-electron chi connectivity index (χ4n) is 1.11. The van der Waals surface area contributed by atoms with Crippen LogP contribution in [0.5, 0.6) is 5.88 Å². The maximum absolute atomic E-state index is 9.81. The van der Waals surface area contributed by atoms with Gasteiger partial charge in [-0.3, -0.25) is 0 Å². The van der Waals surface area contributed by atoms with Crippen LogP contribution in [0.25, 0.3) is 0 Å². The Bertz CT molecular complexity index is 274. The molecule has 78 valence electrons. The fraction of sp³-hybridized carbons (Fsp3) is 0.600. The summed E-state index contributed by atoms with van der Waals surface area (Å²) in [5, 5.41) is 17.5. The van der Waals surface area contributed by atoms with Crippen molar-refractivity contribution >= 4 is 0 Å². The molecular weight excluding hydrogens is 180 g/mol. The first-order chi connectivity index (χ1) is 6.69. The van der Waals surface area contributed by atoms with Crippen molar-refractivity contribution in [3.8, 4) is 5.88 Å². The first kappa shape index (κ1) is 10.9. The molecule has 2 atom stereocenters. The van der Waals surface area contributed by atoms with Gasteiger partial charge in [-0.15, -0.1) is 10.2 Å². The number of rotatable bonds is 4. The molecule has 1 aromatic heterocycles. The van der Waals surface area contributed by atoms with E-state index in [4.69, 9.17) is 4.74 Å². The molecule has 0 fully saturated rings. The summed E-state index contributed by atoms with van der Waals surface area (Å²) in [7, 11) is 1.54. The molecule has 1 N–H and O–H groups in total. The quantitative estimate of drug-likeness (QED) is 0.794. The topological polar surface area (TPSA) is 55.2 Å². The third kappa shape index (κ3) is 2.42. The maximum Gasteiger partial charge on any atom is 0.233 e. The molecule has 4 heteroatoms. The SMILES string of the molecule is CCC(C)C(O)c1ccc(OC)nn1. The summed E-state index contributed by atoms with van der Waals surface area (Å²) in [4.78, 5) is 0. The first-order valence-electron chi connectivity index (χ1n) is 4.74. The van der Waals surface area contributed by atoms with E-state index in [2.05, 4.69) is 10.2 Å². The number of aromatic nitrogens is 2. The van der Waals surface area contributed by atoms with Crippen molar-refractivity contribution in [3.63, 3.8) is 0 Å². The minimum absolute atomic E-state index is 0.192. The van der Waals surface area contributed by atoms with Gasteiger partial charge in [0.25, 0.3) is 0 Å². The minimum atomic E-state index is -0.543. The lowest BCUT2D eigenvalue weighted by Crippen LogP contribution is -2.10. The molecule has 1 heterocycles. The van der Waals surface area contributed by atoms with Crippen molar-refractivity contribution in [2.75, 3.05) is 7.11 Å². The average Bonchev–Trinajstić information content (AvgIpc) is 2.27. The molecule has 4 nitrogen and oxygen atoms in total. The number of nitrogens with zero attached hydrogens (tertiary/aromatic N) is 2. The van der Waals surface area contributed by atoms with Crippen LogP contribution in [0.3, 0.4) is 0 Å². The molecule has 2 unspecified atom stereocenters. The number of hydrogen-bond acceptors (Lipinski definition) is 4. The lowest BCUT2D eigenvalue weighted by atomic mass is 9.99. The fourth-order valence-corrected chi connectivity index (χ4v) is 1.11. The van der Waals surface area contributed by atoms with Gasteiger partial charge in [0.2, 0.25) is 5.88 Å². The third-order valence-electron chi connectivity index (χ3n) is 2.36. The van der Waals surface area contributed by atoms with E-state index in [1.165, 1.54) is 7.11 Å². The van der Waals surface area contributed by atoms with E-state index in [9.17, 15) is 5.11 Å². The highest BCUT2D eigenvalue weighted by atomic mass is 16.5. The van der Waals surface area contributed by atoms with Gasteiger partial charge in [-0.05, 0) is 12.0 Å². The van der Waals surface area contributed by atoms with Crippen LogP contribution in [0.1, 0.15) is 32.1 Å². The average molecular weight is 196 g/mol. The predicted octanol–water partition coefficient (Wildman–Crippen LogP) is 1.56. The summed E-state index contributed by atoms with van der Waals surface area (Å²) in [6, 6.07) is 3.44. The Kier molecular flexibility index (Phi) is 3.83. The molecule has 0 aliphatic heterocycles. The lowest BCUT2D eigenvalue weighted by Gasteiger charge is -2.15. The highest BCUT2D eigenvalue weighted by Crippen LogP contribution is 2.22. The van der Waals surface area contributed by atoms with Gasteiger partial charge >= 0.3 is 0 Å². The Balaban J connectivity index is 2.75. The monoisotopic (exact) mass is 196 g/mol. The van der Waals surface area contributed by atoms with Crippen molar-refractivity contribution < 1.29 is 9.84 Å². The van der Waals surface area contributed by atoms with Crippen molar-refractivity contribution in [1.29, 1.82) is 0 Å². The zero-order valence-corrected chi connectivity index (χ0v) is 8.77. The van der Waals surface area contributed by atoms with Crippen LogP contribution < -0.4 is 4.74 Å². The Morgan fingerprint density at radius 1 is 1.43 bits per heavy atom. The van der Waals surface area contributed by atoms with E-state index in [-0.39, 0.29) is 5.92 Å². The number of aliphatic hydroxyl groups is 1. The molecule has 0 spiro atoms. The van der Waals surface area contributed by atoms with Crippen LogP contribution in [0, 0.1) is 5.92 Å². The van der Waals surface area contributed by atoms with E-state index in [0.717, 1.165) is 6.42 Å². The molecule has 0 bridgehead atoms. The van der Waals surface area contributed by atoms with Crippen LogP contribution in [0.2, 0.25) is 0 Å². The molecule has 0 aliphatic carbocycles. The van der Waals surface area contributed by atoms with Gasteiger partial charge in [-0.2, -0.15) is 0 Å². The standard InChI is InChI=1S/C10H16N2O2/c1-4-7(2)10(13)8-5-6-9(14-3)12-11-8/h5-7,10,13H,4H2,1-3H3. The highest BCUT2D eigenvalue weighted by molar-refractivity contribution is 5.13. The number of aliphatic hydroxyl groups excluding tert-OH is 1. The van der Waals surface area contributed by atoms with Crippen molar-refractivity contribution in [2.45, 2.75) is 26.4 Å². The minimum Gasteiger partial charge on any atom is -0.480 e. The smallest absolute Gasteiger partial charge is 0.233 e. The summed E-state index contributed by atoms with van der Waals surface area (Å²) >= 11 is 0. The second-order valence-electron chi connectivity index (χ2n) is 3.33. The van der Waals surface area contributed by atoms with Gasteiger partial charge in [0.15, 0.2) is 0 Å². The van der Waals surface area contributed by atoms with E-state index in [1.54, 1.807) is 12.1 Å². The Morgan fingerprint density at radius 3 is 2.57 bits per heavy atom. The van der Waals surface area contributed by atoms with Crippen molar-refractivity contribution in [3.05, 3.63) is 17.8 Å². The molecule has 14 heavy (non-hydrogen) atoms. The van der Waals surface area contributed by atoms with Crippen molar-refractivity contribution in [2.24, 2.45) is 5.92 Å². The summed E-state index contributed by atoms with van der Waals surface area (Å²) in [5.41, 5.74) is 0.597. The second kappa shape index (κ2) is 4.91. The van der Waals surface area contributed by atoms with E-state index in [1.807, 2.05) is 13.8 Å². The first-order valence-corrected chi connectivity index (χ1v) is 4.74. The van der Waals surface area contributed by atoms with E-state index >= 15 is 0 Å². The summed E-state index contributed by atoms with van der Waals surface area (Å²) in [6.45, 7) is 4.02. The summed E-state index contributed by atoms with van der Waals surface area (Å²) in [6.07, 6.45) is 0.368. The highest BCUT2D eigenvalue weighted by Gasteiger charge is 2.16. The van der Waals surface area contributed by atoms with E-state index < -0.39 is 6.10 Å². The van der Waals surface area contributed by atoms with Crippen LogP contribution >= 0.6 is 0 Å². The zero-order valence-electron chi connectivity index (χ0n) is 8.77. The Morgan fingerprint density at radius 2 is 2.14 bits per heavy atom. The Hall–Kier alpha value is -1.16. The maximum atomic E-state index is 9.81. The van der Waals surface area contributed by atoms with Gasteiger partial charge in [0.05, 0.1) is 12.8 Å². The van der Waals surface area contributed by atoms with Gasteiger partial charge in [0.1, 0.15) is 6.10 Å². The molecule has 0 amide bonds. The molecule has 1 aromatic rings. The largest absolute Gasteiger partial charge is 0.480 e. The molecular formula is C10H16N2O2. The van der Waals surface area contributed by atoms with Gasteiger partial charge < -0.3 is 9.84 Å². The van der Waals surface area contributed by atoms with Gasteiger partial charge in [-0.1, -0.05) is 20.3 Å². The van der Waals surface area contributed by atoms with E-state index in [0.29, 0.717) is 11.6 Å². The molecule has 0 saturated carbocycles. The number of ether oxygens (including phenoxy) is 1. The summed E-state index contributed by atoms with van der Waals surface area (Å²) in [5.74, 6) is 0.655. The molecule has 0 aliphatic rings.